The highest BCUT2D eigenvalue weighted by molar-refractivity contribution is 7.25. The summed E-state index contributed by atoms with van der Waals surface area (Å²) in [5.41, 5.74) is 4.21. The Morgan fingerprint density at radius 3 is 2.85 bits per heavy atom. The van der Waals surface area contributed by atoms with Gasteiger partial charge in [-0.25, -0.2) is 4.98 Å². The molecule has 0 radical (unpaired) electrons. The Hall–Kier alpha value is -1.88. The zero-order valence-electron chi connectivity index (χ0n) is 11.1. The molecule has 5 heteroatoms. The smallest absolute Gasteiger partial charge is 0.252 e. The summed E-state index contributed by atoms with van der Waals surface area (Å²) in [6.45, 7) is 2.05. The van der Waals surface area contributed by atoms with Crippen molar-refractivity contribution < 1.29 is 5.11 Å². The minimum atomic E-state index is -0.264. The third-order valence-electron chi connectivity index (χ3n) is 4.11. The molecule has 4 nitrogen and oxygen atoms in total. The monoisotopic (exact) mass is 286 g/mol. The van der Waals surface area contributed by atoms with Crippen LogP contribution in [0.3, 0.4) is 0 Å². The van der Waals surface area contributed by atoms with E-state index in [-0.39, 0.29) is 11.3 Å². The van der Waals surface area contributed by atoms with Crippen LogP contribution < -0.4 is 5.56 Å². The van der Waals surface area contributed by atoms with Gasteiger partial charge in [0.25, 0.3) is 5.56 Å². The van der Waals surface area contributed by atoms with Gasteiger partial charge in [-0.2, -0.15) is 0 Å². The Morgan fingerprint density at radius 1 is 1.30 bits per heavy atom. The number of hydrogen-bond donors (Lipinski definition) is 2. The SMILES string of the molecule is Cc1nc2sc3c(O)cc(=O)[nH]c3c2c2c1CCCC2. The van der Waals surface area contributed by atoms with Crippen LogP contribution in [0.4, 0.5) is 0 Å². The number of hydrogen-bond acceptors (Lipinski definition) is 4. The van der Waals surface area contributed by atoms with E-state index < -0.39 is 0 Å². The Balaban J connectivity index is 2.25. The van der Waals surface area contributed by atoms with Gasteiger partial charge in [-0.15, -0.1) is 11.3 Å². The number of aryl methyl sites for hydroxylation is 2. The van der Waals surface area contributed by atoms with Gasteiger partial charge in [0.2, 0.25) is 0 Å². The van der Waals surface area contributed by atoms with Gasteiger partial charge in [-0.05, 0) is 43.7 Å². The summed E-state index contributed by atoms with van der Waals surface area (Å²) in [5.74, 6) is 0.0500. The zero-order valence-corrected chi connectivity index (χ0v) is 11.9. The Labute approximate surface area is 119 Å². The van der Waals surface area contributed by atoms with Crippen molar-refractivity contribution in [3.8, 4) is 5.75 Å². The van der Waals surface area contributed by atoms with Crippen molar-refractivity contribution in [3.05, 3.63) is 33.2 Å². The zero-order chi connectivity index (χ0) is 13.9. The highest BCUT2D eigenvalue weighted by Gasteiger charge is 2.21. The number of nitrogens with zero attached hydrogens (tertiary/aromatic N) is 1. The average molecular weight is 286 g/mol. The highest BCUT2D eigenvalue weighted by Crippen LogP contribution is 2.40. The number of H-pyrrole nitrogens is 1. The topological polar surface area (TPSA) is 66.0 Å². The maximum absolute atomic E-state index is 11.6. The summed E-state index contributed by atoms with van der Waals surface area (Å²) in [6.07, 6.45) is 4.46. The molecule has 0 atom stereocenters. The maximum atomic E-state index is 11.6. The summed E-state index contributed by atoms with van der Waals surface area (Å²) in [4.78, 5) is 20.1. The minimum Gasteiger partial charge on any atom is -0.506 e. The van der Waals surface area contributed by atoms with Crippen molar-refractivity contribution in [1.29, 1.82) is 0 Å². The first-order valence-corrected chi connectivity index (χ1v) is 7.63. The minimum absolute atomic E-state index is 0.0500. The molecule has 102 valence electrons. The molecule has 0 saturated heterocycles. The third-order valence-corrected chi connectivity index (χ3v) is 5.22. The van der Waals surface area contributed by atoms with Crippen LogP contribution in [0.1, 0.15) is 29.7 Å². The molecule has 20 heavy (non-hydrogen) atoms. The van der Waals surface area contributed by atoms with Crippen molar-refractivity contribution in [3.63, 3.8) is 0 Å². The lowest BCUT2D eigenvalue weighted by Gasteiger charge is -2.18. The van der Waals surface area contributed by atoms with Crippen LogP contribution in [0.25, 0.3) is 20.4 Å². The quantitative estimate of drug-likeness (QED) is 0.667. The molecule has 0 amide bonds. The molecule has 4 rings (SSSR count). The summed E-state index contributed by atoms with van der Waals surface area (Å²) >= 11 is 1.45. The molecule has 0 bridgehead atoms. The Bertz CT molecular complexity index is 908. The van der Waals surface area contributed by atoms with Gasteiger partial charge in [0.05, 0.1) is 10.2 Å². The van der Waals surface area contributed by atoms with E-state index >= 15 is 0 Å². The van der Waals surface area contributed by atoms with E-state index in [2.05, 4.69) is 16.9 Å². The third kappa shape index (κ3) is 1.53. The molecule has 3 aromatic heterocycles. The largest absolute Gasteiger partial charge is 0.506 e. The fourth-order valence-electron chi connectivity index (χ4n) is 3.23. The Kier molecular flexibility index (Phi) is 2.41. The lowest BCUT2D eigenvalue weighted by atomic mass is 9.89. The van der Waals surface area contributed by atoms with Gasteiger partial charge in [0.1, 0.15) is 10.6 Å². The normalized spacial score (nSPS) is 14.8. The van der Waals surface area contributed by atoms with Crippen LogP contribution in [0.2, 0.25) is 0 Å². The van der Waals surface area contributed by atoms with Crippen molar-refractivity contribution in [2.24, 2.45) is 0 Å². The van der Waals surface area contributed by atoms with Crippen LogP contribution in [0, 0.1) is 6.92 Å². The summed E-state index contributed by atoms with van der Waals surface area (Å²) in [7, 11) is 0. The molecule has 1 aliphatic rings. The number of aromatic amines is 1. The average Bonchev–Trinajstić information content (AvgIpc) is 2.78. The number of thiophene rings is 1. The number of rotatable bonds is 0. The molecule has 0 saturated carbocycles. The van der Waals surface area contributed by atoms with E-state index in [1.807, 2.05) is 0 Å². The van der Waals surface area contributed by atoms with E-state index in [1.165, 1.54) is 41.4 Å². The first-order valence-electron chi connectivity index (χ1n) is 6.82. The standard InChI is InChI=1S/C15H14N2O2S/c1-7-8-4-2-3-5-9(8)12-13-14(20-15(12)16-7)10(18)6-11(19)17-13/h6H,2-5H2,1H3,(H2,17,18,19). The van der Waals surface area contributed by atoms with Gasteiger partial charge < -0.3 is 10.1 Å². The number of aromatic nitrogens is 2. The van der Waals surface area contributed by atoms with Crippen LogP contribution in [-0.4, -0.2) is 15.1 Å². The predicted molar refractivity (Wildman–Crippen MR) is 80.8 cm³/mol. The molecule has 2 N–H and O–H groups in total. The van der Waals surface area contributed by atoms with E-state index in [0.29, 0.717) is 0 Å². The van der Waals surface area contributed by atoms with Crippen molar-refractivity contribution in [2.45, 2.75) is 32.6 Å². The molecule has 0 unspecified atom stereocenters. The molecule has 1 aliphatic carbocycles. The van der Waals surface area contributed by atoms with Crippen LogP contribution >= 0.6 is 11.3 Å². The molecular weight excluding hydrogens is 272 g/mol. The van der Waals surface area contributed by atoms with E-state index in [1.54, 1.807) is 0 Å². The molecule has 0 spiro atoms. The Morgan fingerprint density at radius 2 is 2.05 bits per heavy atom. The highest BCUT2D eigenvalue weighted by atomic mass is 32.1. The second-order valence-electron chi connectivity index (χ2n) is 5.37. The number of nitrogens with one attached hydrogen (secondary N) is 1. The van der Waals surface area contributed by atoms with Gasteiger partial charge in [0.15, 0.2) is 0 Å². The fraction of sp³-hybridized carbons (Fsp3) is 0.333. The van der Waals surface area contributed by atoms with Crippen molar-refractivity contribution in [2.75, 3.05) is 0 Å². The second-order valence-corrected chi connectivity index (χ2v) is 6.37. The van der Waals surface area contributed by atoms with E-state index in [9.17, 15) is 9.90 Å². The van der Waals surface area contributed by atoms with Crippen LogP contribution in [0.5, 0.6) is 5.75 Å². The van der Waals surface area contributed by atoms with Crippen LogP contribution in [0.15, 0.2) is 10.9 Å². The lowest BCUT2D eigenvalue weighted by molar-refractivity contribution is 0.481. The first kappa shape index (κ1) is 11.9. The molecule has 3 heterocycles. The number of aromatic hydroxyl groups is 1. The molecule has 3 aromatic rings. The molecular formula is C15H14N2O2S. The molecule has 0 aliphatic heterocycles. The van der Waals surface area contributed by atoms with Crippen LogP contribution in [-0.2, 0) is 12.8 Å². The summed E-state index contributed by atoms with van der Waals surface area (Å²) in [5, 5.41) is 11.0. The maximum Gasteiger partial charge on any atom is 0.252 e. The number of fused-ring (bicyclic) bond motifs is 5. The molecule has 0 fully saturated rings. The lowest BCUT2D eigenvalue weighted by Crippen LogP contribution is -2.08. The van der Waals surface area contributed by atoms with Gasteiger partial charge in [-0.3, -0.25) is 4.79 Å². The van der Waals surface area contributed by atoms with Crippen molar-refractivity contribution >= 4 is 31.8 Å². The first-order chi connectivity index (χ1) is 9.65. The van der Waals surface area contributed by atoms with E-state index in [4.69, 9.17) is 0 Å². The summed E-state index contributed by atoms with van der Waals surface area (Å²) in [6, 6.07) is 1.23. The number of pyridine rings is 2. The van der Waals surface area contributed by atoms with Crippen molar-refractivity contribution in [1.82, 2.24) is 9.97 Å². The van der Waals surface area contributed by atoms with Gasteiger partial charge in [-0.1, -0.05) is 0 Å². The second kappa shape index (κ2) is 4.06. The summed E-state index contributed by atoms with van der Waals surface area (Å²) < 4.78 is 0.727. The predicted octanol–water partition coefficient (Wildman–Crippen LogP) is 3.03. The van der Waals surface area contributed by atoms with Gasteiger partial charge in [0, 0.05) is 17.1 Å². The fourth-order valence-corrected chi connectivity index (χ4v) is 4.35. The van der Waals surface area contributed by atoms with E-state index in [0.717, 1.165) is 39.0 Å². The molecule has 0 aromatic carbocycles. The van der Waals surface area contributed by atoms with Gasteiger partial charge >= 0.3 is 0 Å².